The molecule has 0 saturated heterocycles. The molecule has 1 aromatic heterocycles. The average Bonchev–Trinajstić information content (AvgIpc) is 2.66. The van der Waals surface area contributed by atoms with Gasteiger partial charge >= 0.3 is 29.6 Å². The number of unbranched alkanes of at least 4 members (excludes halogenated alkanes) is 1. The molecule has 1 heterocycles. The van der Waals surface area contributed by atoms with E-state index in [0.717, 1.165) is 42.2 Å². The van der Waals surface area contributed by atoms with Gasteiger partial charge in [-0.3, -0.25) is 4.72 Å². The summed E-state index contributed by atoms with van der Waals surface area (Å²) in [6.07, 6.45) is 4.27. The van der Waals surface area contributed by atoms with Crippen LogP contribution in [0.2, 0.25) is 0 Å². The van der Waals surface area contributed by atoms with Crippen molar-refractivity contribution < 1.29 is 43.8 Å². The van der Waals surface area contributed by atoms with Gasteiger partial charge in [0.1, 0.15) is 11.3 Å². The zero-order valence-electron chi connectivity index (χ0n) is 12.6. The normalized spacial score (nSPS) is 11.3. The van der Waals surface area contributed by atoms with Crippen molar-refractivity contribution in [1.29, 1.82) is 0 Å². The molecule has 0 bridgehead atoms. The summed E-state index contributed by atoms with van der Waals surface area (Å²) in [6.45, 7) is 2.14. The number of benzene rings is 1. The number of rotatable bonds is 5. The van der Waals surface area contributed by atoms with Gasteiger partial charge in [-0.05, 0) is 30.7 Å². The Labute approximate surface area is 137 Å². The van der Waals surface area contributed by atoms with Crippen molar-refractivity contribution in [3.8, 4) is 0 Å². The zero-order valence-corrected chi connectivity index (χ0v) is 14.4. The molecule has 6 heteroatoms. The molecule has 2 aromatic rings. The van der Waals surface area contributed by atoms with E-state index in [1.54, 1.807) is 18.2 Å². The Morgan fingerprint density at radius 3 is 2.68 bits per heavy atom. The second kappa shape index (κ2) is 6.79. The Morgan fingerprint density at radius 1 is 1.32 bits per heavy atom. The van der Waals surface area contributed by atoms with E-state index >= 15 is 0 Å². The predicted octanol–water partition coefficient (Wildman–Crippen LogP) is 0.263. The smallest absolute Gasteiger partial charge is 1.00 e. The maximum atomic E-state index is 11.1. The molecule has 0 spiro atoms. The van der Waals surface area contributed by atoms with E-state index in [-0.39, 0.29) is 31.0 Å². The van der Waals surface area contributed by atoms with Crippen molar-refractivity contribution in [3.63, 3.8) is 0 Å². The maximum Gasteiger partial charge on any atom is 1.00 e. The van der Waals surface area contributed by atoms with Gasteiger partial charge in [-0.25, -0.2) is 8.42 Å². The third-order valence-electron chi connectivity index (χ3n) is 2.65. The first-order valence-corrected chi connectivity index (χ1v) is 7.87. The summed E-state index contributed by atoms with van der Waals surface area (Å²) < 4.78 is 30.4. The SMILES string of the molecule is CCCCc1cc2cc(NS(C)(=O)=O)ccc2o1.[H-].[Na+]. The maximum absolute atomic E-state index is 11.1. The molecule has 19 heavy (non-hydrogen) atoms. The minimum Gasteiger partial charge on any atom is -1.00 e. The van der Waals surface area contributed by atoms with Crippen LogP contribution in [0.25, 0.3) is 11.0 Å². The molecule has 0 amide bonds. The summed E-state index contributed by atoms with van der Waals surface area (Å²) in [6, 6.07) is 7.25. The fourth-order valence-corrected chi connectivity index (χ4v) is 2.41. The van der Waals surface area contributed by atoms with E-state index in [4.69, 9.17) is 4.42 Å². The molecule has 2 rings (SSSR count). The van der Waals surface area contributed by atoms with E-state index in [9.17, 15) is 8.42 Å². The number of sulfonamides is 1. The van der Waals surface area contributed by atoms with Crippen molar-refractivity contribution in [2.45, 2.75) is 26.2 Å². The third-order valence-corrected chi connectivity index (χ3v) is 3.25. The Kier molecular flexibility index (Phi) is 5.92. The van der Waals surface area contributed by atoms with Crippen LogP contribution >= 0.6 is 0 Å². The van der Waals surface area contributed by atoms with Gasteiger partial charge in [-0.1, -0.05) is 13.3 Å². The van der Waals surface area contributed by atoms with Gasteiger partial charge in [0.05, 0.1) is 6.26 Å². The van der Waals surface area contributed by atoms with Crippen LogP contribution in [0, 0.1) is 0 Å². The second-order valence-corrected chi connectivity index (χ2v) is 6.19. The van der Waals surface area contributed by atoms with Gasteiger partial charge in [0.15, 0.2) is 0 Å². The number of aryl methyl sites for hydroxylation is 1. The third kappa shape index (κ3) is 4.84. The zero-order chi connectivity index (χ0) is 13.2. The first-order valence-electron chi connectivity index (χ1n) is 5.98. The number of fused-ring (bicyclic) bond motifs is 1. The topological polar surface area (TPSA) is 59.3 Å². The number of furan rings is 1. The van der Waals surface area contributed by atoms with E-state index < -0.39 is 10.0 Å². The first kappa shape index (κ1) is 16.6. The molecule has 4 nitrogen and oxygen atoms in total. The van der Waals surface area contributed by atoms with Crippen LogP contribution in [-0.2, 0) is 16.4 Å². The van der Waals surface area contributed by atoms with Crippen molar-refractivity contribution in [1.82, 2.24) is 0 Å². The van der Waals surface area contributed by atoms with Crippen LogP contribution in [0.1, 0.15) is 27.0 Å². The van der Waals surface area contributed by atoms with Gasteiger partial charge in [-0.2, -0.15) is 0 Å². The predicted molar refractivity (Wildman–Crippen MR) is 74.4 cm³/mol. The summed E-state index contributed by atoms with van der Waals surface area (Å²) in [5, 5.41) is 0.926. The molecule has 0 aliphatic carbocycles. The summed E-state index contributed by atoms with van der Waals surface area (Å²) >= 11 is 0. The molecule has 0 aliphatic rings. The van der Waals surface area contributed by atoms with Crippen LogP contribution < -0.4 is 34.3 Å². The van der Waals surface area contributed by atoms with Crippen LogP contribution in [0.5, 0.6) is 0 Å². The minimum absolute atomic E-state index is 0. The van der Waals surface area contributed by atoms with Crippen LogP contribution in [0.15, 0.2) is 28.7 Å². The fraction of sp³-hybridized carbons (Fsp3) is 0.385. The molecule has 0 saturated carbocycles. The molecule has 0 aliphatic heterocycles. The molecule has 0 radical (unpaired) electrons. The summed E-state index contributed by atoms with van der Waals surface area (Å²) in [5.74, 6) is 0.948. The first-order chi connectivity index (χ1) is 8.48. The molecule has 0 unspecified atom stereocenters. The molecule has 1 aromatic carbocycles. The molecule has 100 valence electrons. The fourth-order valence-electron chi connectivity index (χ4n) is 1.85. The van der Waals surface area contributed by atoms with Gasteiger partial charge in [0.25, 0.3) is 0 Å². The Morgan fingerprint density at radius 2 is 2.05 bits per heavy atom. The summed E-state index contributed by atoms with van der Waals surface area (Å²) in [7, 11) is -3.23. The van der Waals surface area contributed by atoms with Crippen molar-refractivity contribution in [2.75, 3.05) is 11.0 Å². The second-order valence-electron chi connectivity index (χ2n) is 4.44. The van der Waals surface area contributed by atoms with Crippen molar-refractivity contribution >= 4 is 26.7 Å². The van der Waals surface area contributed by atoms with E-state index in [0.29, 0.717) is 5.69 Å². The van der Waals surface area contributed by atoms with Crippen LogP contribution in [-0.4, -0.2) is 14.7 Å². The monoisotopic (exact) mass is 291 g/mol. The largest absolute Gasteiger partial charge is 1.00 e. The van der Waals surface area contributed by atoms with E-state index in [1.807, 2.05) is 6.07 Å². The number of hydrogen-bond donors (Lipinski definition) is 1. The standard InChI is InChI=1S/C13H17NO3S.Na.H/c1-3-4-5-12-9-10-8-11(14-18(2,15)16)6-7-13(10)17-12;;/h6-9,14H,3-5H2,1-2H3;;/q;+1;-1. The Balaban J connectivity index is 0.00000180. The number of anilines is 1. The van der Waals surface area contributed by atoms with Gasteiger partial charge in [0.2, 0.25) is 10.0 Å². The van der Waals surface area contributed by atoms with Gasteiger partial charge in [-0.15, -0.1) is 0 Å². The average molecular weight is 291 g/mol. The number of hydrogen-bond acceptors (Lipinski definition) is 3. The molecule has 0 atom stereocenters. The van der Waals surface area contributed by atoms with Gasteiger partial charge < -0.3 is 5.84 Å². The molecule has 0 fully saturated rings. The number of nitrogens with one attached hydrogen (secondary N) is 1. The Bertz CT molecular complexity index is 655. The quantitative estimate of drug-likeness (QED) is 0.804. The van der Waals surface area contributed by atoms with Crippen molar-refractivity contribution in [2.24, 2.45) is 0 Å². The Hall–Kier alpha value is -0.490. The van der Waals surface area contributed by atoms with E-state index in [1.165, 1.54) is 0 Å². The minimum atomic E-state index is -3.23. The molecule has 1 N–H and O–H groups in total. The summed E-state index contributed by atoms with van der Waals surface area (Å²) in [5.41, 5.74) is 1.35. The van der Waals surface area contributed by atoms with Crippen molar-refractivity contribution in [3.05, 3.63) is 30.0 Å². The van der Waals surface area contributed by atoms with Crippen LogP contribution in [0.4, 0.5) is 5.69 Å². The molecular formula is C13H18NNaO3S. The van der Waals surface area contributed by atoms with Crippen LogP contribution in [0.3, 0.4) is 0 Å². The van der Waals surface area contributed by atoms with Gasteiger partial charge in [0, 0.05) is 17.5 Å². The van der Waals surface area contributed by atoms with E-state index in [2.05, 4.69) is 11.6 Å². The summed E-state index contributed by atoms with van der Waals surface area (Å²) in [4.78, 5) is 0. The molecular weight excluding hydrogens is 273 g/mol.